The molecule has 0 saturated carbocycles. The van der Waals surface area contributed by atoms with Gasteiger partial charge in [-0.3, -0.25) is 4.99 Å². The number of nitrogens with zero attached hydrogens (tertiary/aromatic N) is 3. The van der Waals surface area contributed by atoms with Crippen LogP contribution in [0.3, 0.4) is 0 Å². The molecule has 0 atom stereocenters. The highest BCUT2D eigenvalue weighted by atomic mass is 127. The molecule has 0 unspecified atom stereocenters. The predicted molar refractivity (Wildman–Crippen MR) is 125 cm³/mol. The quantitative estimate of drug-likeness (QED) is 0.308. The molecule has 0 bridgehead atoms. The molecule has 1 aliphatic heterocycles. The zero-order valence-electron chi connectivity index (χ0n) is 16.5. The van der Waals surface area contributed by atoms with E-state index in [2.05, 4.69) is 20.6 Å². The summed E-state index contributed by atoms with van der Waals surface area (Å²) in [5.74, 6) is 1.70. The summed E-state index contributed by atoms with van der Waals surface area (Å²) in [4.78, 5) is 8.17. The first-order valence-corrected chi connectivity index (χ1v) is 9.37. The van der Waals surface area contributed by atoms with E-state index in [-0.39, 0.29) is 29.8 Å². The summed E-state index contributed by atoms with van der Waals surface area (Å²) < 4.78 is 27.4. The van der Waals surface area contributed by atoms with Crippen LogP contribution >= 0.6 is 24.0 Å². The number of ether oxygens (including phenoxy) is 2. The van der Waals surface area contributed by atoms with Gasteiger partial charge < -0.3 is 24.7 Å². The van der Waals surface area contributed by atoms with E-state index in [9.17, 15) is 4.39 Å². The monoisotopic (exact) mass is 523 g/mol. The van der Waals surface area contributed by atoms with Crippen molar-refractivity contribution in [2.45, 2.75) is 13.0 Å². The van der Waals surface area contributed by atoms with Crippen molar-refractivity contribution in [2.24, 2.45) is 4.99 Å². The largest absolute Gasteiger partial charge is 0.490 e. The summed E-state index contributed by atoms with van der Waals surface area (Å²) in [7, 11) is 1.68. The van der Waals surface area contributed by atoms with E-state index in [1.165, 1.54) is 6.07 Å². The fraction of sp³-hybridized carbons (Fsp3) is 0.238. The lowest BCUT2D eigenvalue weighted by Gasteiger charge is -2.14. The molecule has 0 radical (unpaired) electrons. The molecular formula is C21H23FIN5O2. The minimum absolute atomic E-state index is 0. The number of fused-ring (bicyclic) bond motifs is 1. The lowest BCUT2D eigenvalue weighted by molar-refractivity contribution is 0.297. The second-order valence-electron chi connectivity index (χ2n) is 6.52. The predicted octanol–water partition coefficient (Wildman–Crippen LogP) is 3.98. The topological polar surface area (TPSA) is 72.7 Å². The minimum atomic E-state index is -0.312. The van der Waals surface area contributed by atoms with E-state index in [4.69, 9.17) is 9.47 Å². The van der Waals surface area contributed by atoms with Crippen molar-refractivity contribution in [3.8, 4) is 17.2 Å². The molecule has 0 fully saturated rings. The summed E-state index contributed by atoms with van der Waals surface area (Å²) in [5.41, 5.74) is 2.08. The van der Waals surface area contributed by atoms with Gasteiger partial charge in [0.25, 0.3) is 0 Å². The van der Waals surface area contributed by atoms with E-state index in [0.29, 0.717) is 37.2 Å². The SMILES string of the molecule is CN=C(NCc1ccc(-n2ccnc2)c(F)c1)Nc1ccc2c(c1)OCCCO2.I. The molecule has 9 heteroatoms. The molecule has 0 spiro atoms. The zero-order chi connectivity index (χ0) is 20.1. The van der Waals surface area contributed by atoms with Gasteiger partial charge in [0, 0.05) is 44.2 Å². The van der Waals surface area contributed by atoms with Crippen molar-refractivity contribution in [3.63, 3.8) is 0 Å². The van der Waals surface area contributed by atoms with Crippen molar-refractivity contribution in [3.05, 3.63) is 66.5 Å². The van der Waals surface area contributed by atoms with Crippen LogP contribution in [-0.4, -0.2) is 35.8 Å². The third kappa shape index (κ3) is 5.21. The van der Waals surface area contributed by atoms with Gasteiger partial charge in [-0.15, -0.1) is 24.0 Å². The van der Waals surface area contributed by atoms with E-state index >= 15 is 0 Å². The van der Waals surface area contributed by atoms with Gasteiger partial charge in [0.15, 0.2) is 17.5 Å². The lowest BCUT2D eigenvalue weighted by atomic mass is 10.2. The highest BCUT2D eigenvalue weighted by Gasteiger charge is 2.11. The molecule has 0 aliphatic carbocycles. The van der Waals surface area contributed by atoms with E-state index < -0.39 is 0 Å². The van der Waals surface area contributed by atoms with E-state index in [0.717, 1.165) is 23.4 Å². The van der Waals surface area contributed by atoms with Crippen LogP contribution in [0.5, 0.6) is 11.5 Å². The number of rotatable bonds is 4. The molecule has 2 N–H and O–H groups in total. The van der Waals surface area contributed by atoms with Crippen LogP contribution in [0.1, 0.15) is 12.0 Å². The van der Waals surface area contributed by atoms with E-state index in [1.807, 2.05) is 24.3 Å². The van der Waals surface area contributed by atoms with Crippen LogP contribution in [0.4, 0.5) is 10.1 Å². The van der Waals surface area contributed by atoms with Gasteiger partial charge in [0.05, 0.1) is 25.2 Å². The van der Waals surface area contributed by atoms with Crippen LogP contribution in [0.15, 0.2) is 60.1 Å². The fourth-order valence-corrected chi connectivity index (χ4v) is 3.01. The minimum Gasteiger partial charge on any atom is -0.490 e. The van der Waals surface area contributed by atoms with Gasteiger partial charge in [-0.2, -0.15) is 0 Å². The lowest BCUT2D eigenvalue weighted by Crippen LogP contribution is -2.30. The maximum absolute atomic E-state index is 14.4. The Bertz CT molecular complexity index is 1010. The van der Waals surface area contributed by atoms with E-state index in [1.54, 1.807) is 36.4 Å². The molecule has 2 aromatic carbocycles. The van der Waals surface area contributed by atoms with Crippen molar-refractivity contribution >= 4 is 35.6 Å². The Hall–Kier alpha value is -2.82. The number of imidazole rings is 1. The van der Waals surface area contributed by atoms with Crippen LogP contribution in [-0.2, 0) is 6.54 Å². The maximum Gasteiger partial charge on any atom is 0.195 e. The van der Waals surface area contributed by atoms with Gasteiger partial charge in [-0.1, -0.05) is 6.07 Å². The Balaban J connectivity index is 0.00000256. The number of aliphatic imine (C=N–C) groups is 1. The van der Waals surface area contributed by atoms with Crippen molar-refractivity contribution in [1.29, 1.82) is 0 Å². The highest BCUT2D eigenvalue weighted by molar-refractivity contribution is 14.0. The third-order valence-corrected chi connectivity index (χ3v) is 4.49. The van der Waals surface area contributed by atoms with Crippen LogP contribution in [0, 0.1) is 5.82 Å². The Labute approximate surface area is 191 Å². The highest BCUT2D eigenvalue weighted by Crippen LogP contribution is 2.32. The second kappa shape index (κ2) is 10.3. The average Bonchev–Trinajstić information content (AvgIpc) is 3.16. The first kappa shape index (κ1) is 21.9. The molecule has 158 valence electrons. The van der Waals surface area contributed by atoms with Crippen LogP contribution in [0.25, 0.3) is 5.69 Å². The van der Waals surface area contributed by atoms with Gasteiger partial charge in [-0.05, 0) is 29.8 Å². The summed E-state index contributed by atoms with van der Waals surface area (Å²) in [6.07, 6.45) is 5.75. The summed E-state index contributed by atoms with van der Waals surface area (Å²) in [5, 5.41) is 6.40. The van der Waals surface area contributed by atoms with Gasteiger partial charge in [-0.25, -0.2) is 9.37 Å². The first-order chi connectivity index (χ1) is 14.2. The molecule has 3 aromatic rings. The fourth-order valence-electron chi connectivity index (χ4n) is 3.01. The second-order valence-corrected chi connectivity index (χ2v) is 6.52. The molecule has 30 heavy (non-hydrogen) atoms. The van der Waals surface area contributed by atoms with Gasteiger partial charge >= 0.3 is 0 Å². The molecule has 1 aromatic heterocycles. The summed E-state index contributed by atoms with van der Waals surface area (Å²) in [6.45, 7) is 1.70. The number of nitrogens with one attached hydrogen (secondary N) is 2. The van der Waals surface area contributed by atoms with Gasteiger partial charge in [0.2, 0.25) is 0 Å². The normalized spacial score (nSPS) is 13.2. The Morgan fingerprint density at radius 1 is 1.17 bits per heavy atom. The van der Waals surface area contributed by atoms with Crippen LogP contribution < -0.4 is 20.1 Å². The van der Waals surface area contributed by atoms with Crippen molar-refractivity contribution in [2.75, 3.05) is 25.6 Å². The standard InChI is InChI=1S/C21H22FN5O2.HI/c1-23-21(26-16-4-6-19-20(12-16)29-10-2-9-28-19)25-13-15-3-5-18(17(22)11-15)27-8-7-24-14-27;/h3-8,11-12,14H,2,9-10,13H2,1H3,(H2,23,25,26);1H. The van der Waals surface area contributed by atoms with Gasteiger partial charge in [0.1, 0.15) is 5.82 Å². The molecule has 0 saturated heterocycles. The first-order valence-electron chi connectivity index (χ1n) is 9.37. The molecular weight excluding hydrogens is 500 g/mol. The van der Waals surface area contributed by atoms with Crippen LogP contribution in [0.2, 0.25) is 0 Å². The Kier molecular flexibility index (Phi) is 7.50. The molecule has 0 amide bonds. The number of aromatic nitrogens is 2. The number of anilines is 1. The number of halogens is 2. The molecule has 2 heterocycles. The summed E-state index contributed by atoms with van der Waals surface area (Å²) >= 11 is 0. The van der Waals surface area contributed by atoms with Crippen molar-refractivity contribution in [1.82, 2.24) is 14.9 Å². The smallest absolute Gasteiger partial charge is 0.195 e. The number of benzene rings is 2. The third-order valence-electron chi connectivity index (χ3n) is 4.49. The zero-order valence-corrected chi connectivity index (χ0v) is 18.8. The molecule has 4 rings (SSSR count). The Morgan fingerprint density at radius 2 is 2.00 bits per heavy atom. The summed E-state index contributed by atoms with van der Waals surface area (Å²) in [6, 6.07) is 10.8. The molecule has 7 nitrogen and oxygen atoms in total. The van der Waals surface area contributed by atoms with Crippen molar-refractivity contribution < 1.29 is 13.9 Å². The maximum atomic E-state index is 14.4. The molecule has 1 aliphatic rings. The number of guanidine groups is 1. The number of hydrogen-bond donors (Lipinski definition) is 2. The Morgan fingerprint density at radius 3 is 2.73 bits per heavy atom. The average molecular weight is 523 g/mol. The number of hydrogen-bond acceptors (Lipinski definition) is 4.